The fraction of sp³-hybridized carbons (Fsp3) is 0.120. The number of aromatic nitrogens is 5. The number of nitrogens with zero attached hydrogens (tertiary/aromatic N) is 5. The van der Waals surface area contributed by atoms with E-state index < -0.39 is 12.3 Å². The molecule has 0 aliphatic carbocycles. The standard InChI is InChI=1S/C25H17F2N5O/c1-16-4-2-5-17(12-16)8-9-18-6-3-7-22-21(18)14-29-32(22)15-20-11-10-19(13-28-20)24-30-31-25(33-24)23(26)27/h2-7,10-14,23H,15H2,1H3. The lowest BCUT2D eigenvalue weighted by molar-refractivity contribution is 0.116. The highest BCUT2D eigenvalue weighted by Gasteiger charge is 2.17. The van der Waals surface area contributed by atoms with Gasteiger partial charge in [0.2, 0.25) is 5.89 Å². The quantitative estimate of drug-likeness (QED) is 0.360. The number of aryl methyl sites for hydroxylation is 1. The average Bonchev–Trinajstić information content (AvgIpc) is 3.47. The third-order valence-electron chi connectivity index (χ3n) is 5.06. The molecule has 5 aromatic rings. The van der Waals surface area contributed by atoms with Gasteiger partial charge in [-0.25, -0.2) is 0 Å². The summed E-state index contributed by atoms with van der Waals surface area (Å²) in [5, 5.41) is 12.4. The highest BCUT2D eigenvalue weighted by Crippen LogP contribution is 2.23. The van der Waals surface area contributed by atoms with Crippen molar-refractivity contribution in [2.75, 3.05) is 0 Å². The SMILES string of the molecule is Cc1cccc(C#Cc2cccc3c2cnn3Cc2ccc(-c3nnc(C(F)F)o3)cn2)c1. The van der Waals surface area contributed by atoms with Crippen molar-refractivity contribution in [3.05, 3.63) is 95.3 Å². The Morgan fingerprint density at radius 2 is 1.88 bits per heavy atom. The summed E-state index contributed by atoms with van der Waals surface area (Å²) in [7, 11) is 0. The normalized spacial score (nSPS) is 11.0. The van der Waals surface area contributed by atoms with Gasteiger partial charge in [0.25, 0.3) is 5.89 Å². The lowest BCUT2D eigenvalue weighted by Gasteiger charge is -2.04. The minimum Gasteiger partial charge on any atom is -0.415 e. The second-order valence-electron chi connectivity index (χ2n) is 7.44. The summed E-state index contributed by atoms with van der Waals surface area (Å²) in [6.45, 7) is 2.48. The second-order valence-corrected chi connectivity index (χ2v) is 7.44. The third-order valence-corrected chi connectivity index (χ3v) is 5.06. The van der Waals surface area contributed by atoms with Gasteiger partial charge in [-0.3, -0.25) is 9.67 Å². The van der Waals surface area contributed by atoms with Gasteiger partial charge in [0.1, 0.15) is 0 Å². The first-order valence-corrected chi connectivity index (χ1v) is 10.2. The molecule has 0 N–H and O–H groups in total. The molecule has 0 saturated heterocycles. The Bertz CT molecular complexity index is 1490. The van der Waals surface area contributed by atoms with Gasteiger partial charge >= 0.3 is 6.43 Å². The molecule has 2 aromatic carbocycles. The number of halogens is 2. The van der Waals surface area contributed by atoms with Crippen LogP contribution in [0.1, 0.15) is 34.7 Å². The van der Waals surface area contributed by atoms with E-state index in [1.807, 2.05) is 48.0 Å². The molecule has 6 nitrogen and oxygen atoms in total. The van der Waals surface area contributed by atoms with Crippen molar-refractivity contribution in [1.82, 2.24) is 25.0 Å². The zero-order valence-electron chi connectivity index (χ0n) is 17.5. The number of hydrogen-bond donors (Lipinski definition) is 0. The van der Waals surface area contributed by atoms with Gasteiger partial charge in [-0.1, -0.05) is 30.0 Å². The molecule has 162 valence electrons. The van der Waals surface area contributed by atoms with E-state index in [0.717, 1.165) is 27.7 Å². The van der Waals surface area contributed by atoms with Crippen molar-refractivity contribution >= 4 is 10.9 Å². The summed E-state index contributed by atoms with van der Waals surface area (Å²) in [5.74, 6) is 5.76. The number of fused-ring (bicyclic) bond motifs is 1. The molecule has 0 spiro atoms. The summed E-state index contributed by atoms with van der Waals surface area (Å²) in [4.78, 5) is 4.39. The Labute approximate surface area is 187 Å². The van der Waals surface area contributed by atoms with Gasteiger partial charge in [-0.05, 0) is 48.9 Å². The zero-order valence-corrected chi connectivity index (χ0v) is 17.5. The Hall–Kier alpha value is -4.38. The van der Waals surface area contributed by atoms with Crippen LogP contribution < -0.4 is 0 Å². The molecule has 5 rings (SSSR count). The maximum Gasteiger partial charge on any atom is 0.314 e. The molecule has 0 aliphatic heterocycles. The Morgan fingerprint density at radius 3 is 2.64 bits per heavy atom. The van der Waals surface area contributed by atoms with E-state index in [2.05, 4.69) is 38.2 Å². The van der Waals surface area contributed by atoms with E-state index in [1.165, 1.54) is 11.8 Å². The maximum absolute atomic E-state index is 12.6. The smallest absolute Gasteiger partial charge is 0.314 e. The third kappa shape index (κ3) is 4.34. The minimum absolute atomic E-state index is 0.00529. The number of pyridine rings is 1. The molecular weight excluding hydrogens is 424 g/mol. The van der Waals surface area contributed by atoms with Crippen LogP contribution in [0.4, 0.5) is 8.78 Å². The van der Waals surface area contributed by atoms with Crippen LogP contribution in [-0.2, 0) is 6.54 Å². The van der Waals surface area contributed by atoms with Gasteiger partial charge in [-0.15, -0.1) is 10.2 Å². The van der Waals surface area contributed by atoms with Gasteiger partial charge in [0.15, 0.2) is 0 Å². The number of hydrogen-bond acceptors (Lipinski definition) is 5. The van der Waals surface area contributed by atoms with Crippen LogP contribution >= 0.6 is 0 Å². The van der Waals surface area contributed by atoms with Gasteiger partial charge < -0.3 is 4.42 Å². The van der Waals surface area contributed by atoms with Crippen LogP contribution in [0.3, 0.4) is 0 Å². The summed E-state index contributed by atoms with van der Waals surface area (Å²) >= 11 is 0. The van der Waals surface area contributed by atoms with E-state index in [9.17, 15) is 8.78 Å². The molecule has 0 radical (unpaired) electrons. The highest BCUT2D eigenvalue weighted by atomic mass is 19.3. The Kier molecular flexibility index (Phi) is 5.37. The van der Waals surface area contributed by atoms with Crippen LogP contribution in [-0.4, -0.2) is 25.0 Å². The topological polar surface area (TPSA) is 69.6 Å². The number of rotatable bonds is 4. The van der Waals surface area contributed by atoms with Crippen molar-refractivity contribution in [2.45, 2.75) is 19.9 Å². The summed E-state index contributed by atoms with van der Waals surface area (Å²) in [5.41, 5.74) is 5.18. The van der Waals surface area contributed by atoms with Gasteiger partial charge in [0.05, 0.1) is 29.5 Å². The minimum atomic E-state index is -2.81. The van der Waals surface area contributed by atoms with Gasteiger partial charge in [-0.2, -0.15) is 13.9 Å². The Balaban J connectivity index is 1.38. The van der Waals surface area contributed by atoms with Crippen molar-refractivity contribution in [3.63, 3.8) is 0 Å². The van der Waals surface area contributed by atoms with Crippen LogP contribution in [0, 0.1) is 18.8 Å². The van der Waals surface area contributed by atoms with Gasteiger partial charge in [0, 0.05) is 22.7 Å². The van der Waals surface area contributed by atoms with Crippen molar-refractivity contribution in [1.29, 1.82) is 0 Å². The highest BCUT2D eigenvalue weighted by molar-refractivity contribution is 5.85. The van der Waals surface area contributed by atoms with Crippen molar-refractivity contribution in [3.8, 4) is 23.3 Å². The predicted octanol–water partition coefficient (Wildman–Crippen LogP) is 5.18. The molecule has 0 fully saturated rings. The van der Waals surface area contributed by atoms with Crippen LogP contribution in [0.2, 0.25) is 0 Å². The van der Waals surface area contributed by atoms with E-state index in [0.29, 0.717) is 12.1 Å². The summed E-state index contributed by atoms with van der Waals surface area (Å²) in [6, 6.07) is 17.5. The number of benzene rings is 2. The van der Waals surface area contributed by atoms with E-state index in [4.69, 9.17) is 4.42 Å². The predicted molar refractivity (Wildman–Crippen MR) is 118 cm³/mol. The number of alkyl halides is 2. The molecule has 0 bridgehead atoms. The molecule has 33 heavy (non-hydrogen) atoms. The molecule has 0 aliphatic rings. The lowest BCUT2D eigenvalue weighted by atomic mass is 10.1. The first kappa shape index (κ1) is 20.5. The first-order valence-electron chi connectivity index (χ1n) is 10.2. The van der Waals surface area contributed by atoms with E-state index >= 15 is 0 Å². The van der Waals surface area contributed by atoms with E-state index in [-0.39, 0.29) is 5.89 Å². The molecule has 0 amide bonds. The largest absolute Gasteiger partial charge is 0.415 e. The van der Waals surface area contributed by atoms with Crippen molar-refractivity contribution < 1.29 is 13.2 Å². The van der Waals surface area contributed by atoms with E-state index in [1.54, 1.807) is 18.3 Å². The molecular formula is C25H17F2N5O. The monoisotopic (exact) mass is 441 g/mol. The molecule has 0 atom stereocenters. The summed E-state index contributed by atoms with van der Waals surface area (Å²) in [6.07, 6.45) is 0.509. The van der Waals surface area contributed by atoms with Crippen LogP contribution in [0.25, 0.3) is 22.4 Å². The lowest BCUT2D eigenvalue weighted by Crippen LogP contribution is -2.03. The molecule has 3 aromatic heterocycles. The van der Waals surface area contributed by atoms with Crippen molar-refractivity contribution in [2.24, 2.45) is 0 Å². The molecule has 8 heteroatoms. The summed E-state index contributed by atoms with van der Waals surface area (Å²) < 4.78 is 32.1. The first-order chi connectivity index (χ1) is 16.1. The second kappa shape index (κ2) is 8.63. The molecule has 0 saturated carbocycles. The molecule has 0 unspecified atom stereocenters. The maximum atomic E-state index is 12.6. The fourth-order valence-electron chi connectivity index (χ4n) is 3.44. The molecule has 3 heterocycles. The fourth-order valence-corrected chi connectivity index (χ4v) is 3.44. The van der Waals surface area contributed by atoms with Crippen LogP contribution in [0.15, 0.2) is 71.4 Å². The zero-order chi connectivity index (χ0) is 22.8. The van der Waals surface area contributed by atoms with Crippen LogP contribution in [0.5, 0.6) is 0 Å². The average molecular weight is 441 g/mol. The Morgan fingerprint density at radius 1 is 1.00 bits per heavy atom.